The molecule has 0 spiro atoms. The topological polar surface area (TPSA) is 12.0 Å². The van der Waals surface area contributed by atoms with Crippen molar-refractivity contribution in [3.8, 4) is 0 Å². The zero-order valence-electron chi connectivity index (χ0n) is 14.6. The number of hydrogen-bond acceptors (Lipinski definition) is 2. The van der Waals surface area contributed by atoms with Gasteiger partial charge in [-0.05, 0) is 80.2 Å². The van der Waals surface area contributed by atoms with Crippen LogP contribution in [0.25, 0.3) is 0 Å². The first-order valence-corrected chi connectivity index (χ1v) is 10.0. The van der Waals surface area contributed by atoms with E-state index in [9.17, 15) is 0 Å². The van der Waals surface area contributed by atoms with Gasteiger partial charge < -0.3 is 5.32 Å². The fourth-order valence-electron chi connectivity index (χ4n) is 3.73. The van der Waals surface area contributed by atoms with Crippen molar-refractivity contribution < 1.29 is 0 Å². The highest BCUT2D eigenvalue weighted by atomic mass is 32.2. The lowest BCUT2D eigenvalue weighted by molar-refractivity contribution is 0.0794. The molecule has 0 aromatic carbocycles. The minimum absolute atomic E-state index is 0.502. The summed E-state index contributed by atoms with van der Waals surface area (Å²) in [6.45, 7) is 12.0. The Morgan fingerprint density at radius 1 is 1.20 bits per heavy atom. The fourth-order valence-corrected chi connectivity index (χ4v) is 4.17. The van der Waals surface area contributed by atoms with Crippen molar-refractivity contribution >= 4 is 11.8 Å². The van der Waals surface area contributed by atoms with Gasteiger partial charge in [0.25, 0.3) is 0 Å². The second-order valence-corrected chi connectivity index (χ2v) is 8.90. The van der Waals surface area contributed by atoms with E-state index >= 15 is 0 Å². The standard InChI is InChI=1S/C18H37NS/c1-6-13-19-15-18(10-7-14-20-5)11-8-16(9-12-18)17(2,3)4/h16,19H,6-15H2,1-5H3. The Balaban J connectivity index is 2.52. The van der Waals surface area contributed by atoms with Crippen molar-refractivity contribution in [2.45, 2.75) is 72.6 Å². The molecule has 1 aliphatic rings. The van der Waals surface area contributed by atoms with Gasteiger partial charge in [0.05, 0.1) is 0 Å². The van der Waals surface area contributed by atoms with Gasteiger partial charge in [-0.15, -0.1) is 0 Å². The van der Waals surface area contributed by atoms with Gasteiger partial charge in [0.2, 0.25) is 0 Å². The number of nitrogens with one attached hydrogen (secondary N) is 1. The third-order valence-corrected chi connectivity index (χ3v) is 5.95. The Labute approximate surface area is 132 Å². The minimum atomic E-state index is 0.502. The Morgan fingerprint density at radius 3 is 2.35 bits per heavy atom. The van der Waals surface area contributed by atoms with E-state index < -0.39 is 0 Å². The molecule has 0 aromatic heterocycles. The van der Waals surface area contributed by atoms with Crippen LogP contribution in [-0.4, -0.2) is 25.1 Å². The SMILES string of the molecule is CCCNCC1(CCCSC)CCC(C(C)(C)C)CC1. The summed E-state index contributed by atoms with van der Waals surface area (Å²) in [6, 6.07) is 0. The maximum Gasteiger partial charge on any atom is 0.000781 e. The molecule has 1 fully saturated rings. The first kappa shape index (κ1) is 18.4. The van der Waals surface area contributed by atoms with Crippen LogP contribution in [0.4, 0.5) is 0 Å². The normalized spacial score (nSPS) is 27.8. The highest BCUT2D eigenvalue weighted by Gasteiger charge is 2.37. The molecule has 0 atom stereocenters. The van der Waals surface area contributed by atoms with Crippen LogP contribution in [0.15, 0.2) is 0 Å². The lowest BCUT2D eigenvalue weighted by Crippen LogP contribution is -2.40. The highest BCUT2D eigenvalue weighted by Crippen LogP contribution is 2.47. The predicted octanol–water partition coefficient (Wildman–Crippen LogP) is 5.35. The van der Waals surface area contributed by atoms with E-state index in [1.54, 1.807) is 0 Å². The van der Waals surface area contributed by atoms with Crippen LogP contribution < -0.4 is 5.32 Å². The maximum atomic E-state index is 3.72. The van der Waals surface area contributed by atoms with Crippen LogP contribution in [-0.2, 0) is 0 Å². The Hall–Kier alpha value is 0.310. The summed E-state index contributed by atoms with van der Waals surface area (Å²) in [5.74, 6) is 2.26. The molecule has 1 rings (SSSR count). The van der Waals surface area contributed by atoms with Crippen LogP contribution in [0.1, 0.15) is 72.6 Å². The molecule has 1 N–H and O–H groups in total. The van der Waals surface area contributed by atoms with E-state index in [-0.39, 0.29) is 0 Å². The molecule has 1 saturated carbocycles. The first-order valence-electron chi connectivity index (χ1n) is 8.63. The Bertz CT molecular complexity index is 237. The molecule has 2 heteroatoms. The van der Waals surface area contributed by atoms with Gasteiger partial charge in [0.1, 0.15) is 0 Å². The average Bonchev–Trinajstić information content (AvgIpc) is 2.39. The summed E-state index contributed by atoms with van der Waals surface area (Å²) in [5.41, 5.74) is 1.11. The first-order chi connectivity index (χ1) is 9.43. The zero-order chi connectivity index (χ0) is 15.1. The van der Waals surface area contributed by atoms with Gasteiger partial charge in [-0.2, -0.15) is 11.8 Å². The monoisotopic (exact) mass is 299 g/mol. The maximum absolute atomic E-state index is 3.72. The van der Waals surface area contributed by atoms with Gasteiger partial charge in [-0.1, -0.05) is 27.7 Å². The Kier molecular flexibility index (Phi) is 7.97. The van der Waals surface area contributed by atoms with E-state index in [1.165, 1.54) is 63.8 Å². The number of rotatable bonds is 8. The van der Waals surface area contributed by atoms with Crippen LogP contribution in [0.3, 0.4) is 0 Å². The fraction of sp³-hybridized carbons (Fsp3) is 1.00. The molecule has 1 aliphatic carbocycles. The molecule has 0 aromatic rings. The van der Waals surface area contributed by atoms with Gasteiger partial charge in [0, 0.05) is 6.54 Å². The lowest BCUT2D eigenvalue weighted by Gasteiger charge is -2.44. The molecule has 20 heavy (non-hydrogen) atoms. The summed E-state index contributed by atoms with van der Waals surface area (Å²) >= 11 is 2.00. The molecule has 0 amide bonds. The summed E-state index contributed by atoms with van der Waals surface area (Å²) in [6.07, 6.45) is 12.1. The predicted molar refractivity (Wildman–Crippen MR) is 94.6 cm³/mol. The summed E-state index contributed by atoms with van der Waals surface area (Å²) in [4.78, 5) is 0. The van der Waals surface area contributed by atoms with Crippen molar-refractivity contribution in [1.82, 2.24) is 5.32 Å². The van der Waals surface area contributed by atoms with Crippen molar-refractivity contribution in [1.29, 1.82) is 0 Å². The van der Waals surface area contributed by atoms with Crippen LogP contribution in [0.5, 0.6) is 0 Å². The molecular formula is C18H37NS. The highest BCUT2D eigenvalue weighted by molar-refractivity contribution is 7.98. The van der Waals surface area contributed by atoms with Gasteiger partial charge >= 0.3 is 0 Å². The quantitative estimate of drug-likeness (QED) is 0.606. The molecule has 120 valence electrons. The summed E-state index contributed by atoms with van der Waals surface area (Å²) in [7, 11) is 0. The molecule has 0 radical (unpaired) electrons. The van der Waals surface area contributed by atoms with E-state index in [1.807, 2.05) is 11.8 Å². The minimum Gasteiger partial charge on any atom is -0.316 e. The van der Waals surface area contributed by atoms with Crippen LogP contribution >= 0.6 is 11.8 Å². The molecule has 0 aliphatic heterocycles. The van der Waals surface area contributed by atoms with Gasteiger partial charge in [-0.3, -0.25) is 0 Å². The smallest absolute Gasteiger partial charge is 0.000781 e. The van der Waals surface area contributed by atoms with E-state index in [4.69, 9.17) is 0 Å². The third kappa shape index (κ3) is 5.97. The van der Waals surface area contributed by atoms with Gasteiger partial charge in [-0.25, -0.2) is 0 Å². The van der Waals surface area contributed by atoms with E-state index in [0.717, 1.165) is 5.92 Å². The Morgan fingerprint density at radius 2 is 1.85 bits per heavy atom. The van der Waals surface area contributed by atoms with Crippen molar-refractivity contribution in [3.63, 3.8) is 0 Å². The van der Waals surface area contributed by atoms with Crippen LogP contribution in [0, 0.1) is 16.7 Å². The third-order valence-electron chi connectivity index (χ3n) is 5.25. The molecule has 0 unspecified atom stereocenters. The largest absolute Gasteiger partial charge is 0.316 e. The molecule has 0 bridgehead atoms. The van der Waals surface area contributed by atoms with Crippen molar-refractivity contribution in [2.24, 2.45) is 16.7 Å². The number of thioether (sulfide) groups is 1. The summed E-state index contributed by atoms with van der Waals surface area (Å²) < 4.78 is 0. The van der Waals surface area contributed by atoms with E-state index in [0.29, 0.717) is 10.8 Å². The van der Waals surface area contributed by atoms with E-state index in [2.05, 4.69) is 39.3 Å². The van der Waals surface area contributed by atoms with Crippen molar-refractivity contribution in [2.75, 3.05) is 25.1 Å². The molecular weight excluding hydrogens is 262 g/mol. The zero-order valence-corrected chi connectivity index (χ0v) is 15.4. The average molecular weight is 300 g/mol. The summed E-state index contributed by atoms with van der Waals surface area (Å²) in [5, 5.41) is 3.72. The molecule has 1 nitrogen and oxygen atoms in total. The van der Waals surface area contributed by atoms with Gasteiger partial charge in [0.15, 0.2) is 0 Å². The number of hydrogen-bond donors (Lipinski definition) is 1. The second kappa shape index (κ2) is 8.68. The molecule has 0 heterocycles. The lowest BCUT2D eigenvalue weighted by atomic mass is 9.62. The molecule has 0 saturated heterocycles. The second-order valence-electron chi connectivity index (χ2n) is 7.91. The van der Waals surface area contributed by atoms with Crippen molar-refractivity contribution in [3.05, 3.63) is 0 Å². The van der Waals surface area contributed by atoms with Crippen LogP contribution in [0.2, 0.25) is 0 Å².